The van der Waals surface area contributed by atoms with Crippen molar-refractivity contribution in [2.45, 2.75) is 78.9 Å². The predicted octanol–water partition coefficient (Wildman–Crippen LogP) is 6.31. The number of carboxylic acids is 3. The smallest absolute Gasteiger partial charge is 0.326 e. The molecule has 13 N–H and O–H groups in total. The van der Waals surface area contributed by atoms with E-state index in [2.05, 4.69) is 98.4 Å². The fourth-order valence-corrected chi connectivity index (χ4v) is 10.5. The number of ether oxygens (including phenoxy) is 3. The van der Waals surface area contributed by atoms with Gasteiger partial charge >= 0.3 is 17.9 Å². The molecule has 3 atom stereocenters. The first-order valence-corrected chi connectivity index (χ1v) is 31.9. The first kappa shape index (κ1) is 74.1. The number of carbonyl (C=O) groups excluding carboxylic acids is 3. The van der Waals surface area contributed by atoms with Crippen LogP contribution >= 0.6 is 11.6 Å². The van der Waals surface area contributed by atoms with Gasteiger partial charge in [0.1, 0.15) is 52.8 Å². The highest BCUT2D eigenvalue weighted by atomic mass is 35.5. The lowest BCUT2D eigenvalue weighted by Gasteiger charge is -2.15. The number of nitrogens with one attached hydrogen (secondary N) is 8. The van der Waals surface area contributed by atoms with Gasteiger partial charge in [-0.25, -0.2) is 24.5 Å². The van der Waals surface area contributed by atoms with Crippen LogP contribution in [0.1, 0.15) is 58.2 Å². The second-order valence-corrected chi connectivity index (χ2v) is 23.0. The van der Waals surface area contributed by atoms with Gasteiger partial charge in [0.25, 0.3) is 16.7 Å². The van der Waals surface area contributed by atoms with Crippen molar-refractivity contribution in [3.63, 3.8) is 0 Å². The van der Waals surface area contributed by atoms with Gasteiger partial charge < -0.3 is 60.8 Å². The van der Waals surface area contributed by atoms with E-state index in [4.69, 9.17) is 25.1 Å². The molecular weight excluding hydrogens is 1360 g/mol. The Labute approximate surface area is 587 Å². The van der Waals surface area contributed by atoms with E-state index in [0.717, 1.165) is 50.1 Å². The summed E-state index contributed by atoms with van der Waals surface area (Å²) in [6.07, 6.45) is 0.506. The zero-order valence-corrected chi connectivity index (χ0v) is 56.6. The van der Waals surface area contributed by atoms with Crippen molar-refractivity contribution in [3.8, 4) is 84.8 Å². The van der Waals surface area contributed by atoms with Crippen molar-refractivity contribution in [2.75, 3.05) is 19.8 Å². The number of halogens is 1. The maximum atomic E-state index is 12.3. The van der Waals surface area contributed by atoms with E-state index in [-0.39, 0.29) is 58.0 Å². The van der Waals surface area contributed by atoms with Crippen LogP contribution in [-0.2, 0) is 48.0 Å². The molecule has 0 aliphatic carbocycles. The van der Waals surface area contributed by atoms with Crippen molar-refractivity contribution in [2.24, 2.45) is 5.73 Å². The molecule has 0 aliphatic rings. The third-order valence-electron chi connectivity index (χ3n) is 15.0. The molecule has 0 saturated carbocycles. The molecule has 530 valence electrons. The quantitative estimate of drug-likeness (QED) is 0.0312. The molecule has 34 heteroatoms. The van der Waals surface area contributed by atoms with Crippen LogP contribution < -0.4 is 47.3 Å². The lowest BCUT2D eigenvalue weighted by molar-refractivity contribution is -0.141. The molecule has 6 aromatic carbocycles. The summed E-state index contributed by atoms with van der Waals surface area (Å²) in [5.41, 5.74) is 14.6. The molecule has 0 bridgehead atoms. The number of fused-ring (bicyclic) bond motifs is 3. The average Bonchev–Trinajstić information content (AvgIpc) is 1.79. The standard InChI is InChI=1S/2C23H22N6O5.C21H20N6O4.C2H3ClO/c2*1-3-34-18-11-15(7-8-16(18)20-25-21-19(22(31)26-20)27-29-28-21)14-6-4-5-13(9-14)10-17(23(32)33)24-12(2)30;1-2-31-16-10-13(12-5-3-4-11(8-12)9-15(22)21(29)30)6-7-14(16)18-23-19-17(20(28)24-18)25-27-26-19;1-2(3)4/h2*4-9,11,17H,3,10H2,1-2H3,(H,24,30)(H,32,33)(H2,25,26,27,28,29,31);3-8,10,15H,2,9,22H2,1H3,(H,29,30)(H2,23,24,25,26,27,28);1H3/t2*17-;15-;/m000./s1. The summed E-state index contributed by atoms with van der Waals surface area (Å²) in [6, 6.07) is 35.7. The van der Waals surface area contributed by atoms with Crippen LogP contribution in [0.2, 0.25) is 0 Å². The molecule has 33 nitrogen and oxygen atoms in total. The number of aromatic amines is 6. The Kier molecular flexibility index (Phi) is 24.5. The number of carboxylic acid groups (broad SMARTS) is 3. The molecular formula is C69H67ClN18O15. The molecule has 12 aromatic rings. The topological polar surface area (TPSA) is 503 Å². The number of aliphatic carboxylic acids is 3. The number of nitrogens with two attached hydrogens (primary N) is 1. The van der Waals surface area contributed by atoms with Crippen LogP contribution in [-0.4, -0.2) is 164 Å². The first-order chi connectivity index (χ1) is 49.4. The highest BCUT2D eigenvalue weighted by molar-refractivity contribution is 6.62. The summed E-state index contributed by atoms with van der Waals surface area (Å²) in [7, 11) is 0. The van der Waals surface area contributed by atoms with Crippen LogP contribution in [0.3, 0.4) is 0 Å². The van der Waals surface area contributed by atoms with Crippen molar-refractivity contribution in [1.29, 1.82) is 0 Å². The Hall–Kier alpha value is -13.2. The molecule has 6 heterocycles. The molecule has 2 amide bonds. The van der Waals surface area contributed by atoms with Gasteiger partial charge in [0.15, 0.2) is 16.6 Å². The fourth-order valence-electron chi connectivity index (χ4n) is 10.5. The van der Waals surface area contributed by atoms with Gasteiger partial charge in [0.2, 0.25) is 34.0 Å². The zero-order chi connectivity index (χ0) is 74.0. The number of amides is 2. The lowest BCUT2D eigenvalue weighted by Crippen LogP contribution is -2.41. The van der Waals surface area contributed by atoms with E-state index in [1.165, 1.54) is 20.8 Å². The molecule has 0 aliphatic heterocycles. The number of aromatic nitrogens is 15. The minimum atomic E-state index is -1.10. The highest BCUT2D eigenvalue weighted by Crippen LogP contribution is 2.37. The Morgan fingerprint density at radius 1 is 0.437 bits per heavy atom. The van der Waals surface area contributed by atoms with Crippen molar-refractivity contribution in [1.82, 2.24) is 86.8 Å². The van der Waals surface area contributed by atoms with Gasteiger partial charge in [0, 0.05) is 33.6 Å². The Morgan fingerprint density at radius 3 is 1.00 bits per heavy atom. The van der Waals surface area contributed by atoms with E-state index in [9.17, 15) is 53.4 Å². The molecule has 6 aromatic heterocycles. The summed E-state index contributed by atoms with van der Waals surface area (Å²) < 4.78 is 17.5. The summed E-state index contributed by atoms with van der Waals surface area (Å²) in [5.74, 6) is -1.57. The largest absolute Gasteiger partial charge is 0.493 e. The summed E-state index contributed by atoms with van der Waals surface area (Å²) in [4.78, 5) is 124. The lowest BCUT2D eigenvalue weighted by atomic mass is 9.98. The molecule has 103 heavy (non-hydrogen) atoms. The van der Waals surface area contributed by atoms with Crippen LogP contribution in [0.5, 0.6) is 17.2 Å². The number of carbonyl (C=O) groups is 6. The number of nitrogens with zero attached hydrogens (tertiary/aromatic N) is 9. The zero-order valence-electron chi connectivity index (χ0n) is 55.8. The fraction of sp³-hybridized carbons (Fsp3) is 0.217. The van der Waals surface area contributed by atoms with Gasteiger partial charge in [-0.2, -0.15) is 15.6 Å². The molecule has 12 rings (SSSR count). The Balaban J connectivity index is 0.000000175. The Morgan fingerprint density at radius 2 is 0.728 bits per heavy atom. The van der Waals surface area contributed by atoms with Gasteiger partial charge in [-0.05, 0) is 125 Å². The third kappa shape index (κ3) is 19.2. The van der Waals surface area contributed by atoms with E-state index >= 15 is 0 Å². The second-order valence-electron chi connectivity index (χ2n) is 22.5. The molecule has 0 spiro atoms. The van der Waals surface area contributed by atoms with Crippen LogP contribution in [0.4, 0.5) is 0 Å². The predicted molar refractivity (Wildman–Crippen MR) is 377 cm³/mol. The molecule has 0 fully saturated rings. The van der Waals surface area contributed by atoms with Crippen molar-refractivity contribution >= 4 is 80.1 Å². The summed E-state index contributed by atoms with van der Waals surface area (Å²) in [5, 5.41) is 62.6. The minimum absolute atomic E-state index is 0.120. The molecule has 0 radical (unpaired) electrons. The summed E-state index contributed by atoms with van der Waals surface area (Å²) in [6.45, 7) is 10.6. The second kappa shape index (κ2) is 34.1. The molecule has 0 unspecified atom stereocenters. The normalized spacial score (nSPS) is 11.7. The van der Waals surface area contributed by atoms with Gasteiger partial charge in [0.05, 0.1) is 36.5 Å². The van der Waals surface area contributed by atoms with Gasteiger partial charge in [-0.3, -0.25) is 33.6 Å². The maximum absolute atomic E-state index is 12.3. The average molecular weight is 1420 g/mol. The number of benzene rings is 6. The van der Waals surface area contributed by atoms with E-state index < -0.39 is 64.5 Å². The van der Waals surface area contributed by atoms with E-state index in [0.29, 0.717) is 71.2 Å². The summed E-state index contributed by atoms with van der Waals surface area (Å²) >= 11 is 4.64. The SMILES string of the molecule is CC(=O)Cl.CCOc1cc(-c2cccc(C[C@H](N)C(=O)O)c2)ccc1-c1nc2n[nH]nc2c(=O)[nH]1.CCOc1cc(-c2cccc(C[C@H](NC(C)=O)C(=O)O)c2)ccc1-c1nc2n[nH]nc2c(=O)[nH]1.CCOc1cc(-c2cccc(C[C@H](NC(C)=O)C(=O)O)c2)ccc1-c1nc2n[nH]nc2c(=O)[nH]1. The van der Waals surface area contributed by atoms with E-state index in [1.807, 2.05) is 118 Å². The van der Waals surface area contributed by atoms with Crippen LogP contribution in [0.25, 0.3) is 101 Å². The Bertz CT molecular complexity index is 5080. The van der Waals surface area contributed by atoms with Gasteiger partial charge in [-0.15, -0.1) is 30.6 Å². The monoisotopic (exact) mass is 1420 g/mol. The minimum Gasteiger partial charge on any atom is -0.493 e. The maximum Gasteiger partial charge on any atom is 0.326 e. The van der Waals surface area contributed by atoms with Crippen LogP contribution in [0.15, 0.2) is 142 Å². The number of rotatable bonds is 23. The van der Waals surface area contributed by atoms with E-state index in [1.54, 1.807) is 30.3 Å². The number of hydrogen-bond donors (Lipinski definition) is 12. The highest BCUT2D eigenvalue weighted by Gasteiger charge is 2.23. The third-order valence-corrected chi connectivity index (χ3v) is 15.0. The number of H-pyrrole nitrogens is 6. The van der Waals surface area contributed by atoms with Crippen LogP contribution in [0, 0.1) is 0 Å². The van der Waals surface area contributed by atoms with Gasteiger partial charge in [-0.1, -0.05) is 91.0 Å². The van der Waals surface area contributed by atoms with Crippen molar-refractivity contribution in [3.05, 3.63) is 175 Å². The number of hydrogen-bond acceptors (Lipinski definition) is 22. The first-order valence-electron chi connectivity index (χ1n) is 31.6. The molecule has 0 saturated heterocycles. The van der Waals surface area contributed by atoms with Crippen molar-refractivity contribution < 1.29 is 58.3 Å².